The lowest BCUT2D eigenvalue weighted by Crippen LogP contribution is -2.42. The number of hydrogen-bond donors (Lipinski definition) is 1. The van der Waals surface area contributed by atoms with Gasteiger partial charge in [0.25, 0.3) is 5.91 Å². The van der Waals surface area contributed by atoms with Gasteiger partial charge in [-0.3, -0.25) is 9.59 Å². The lowest BCUT2D eigenvalue weighted by Gasteiger charge is -2.22. The molecular weight excluding hydrogens is 414 g/mol. The maximum Gasteiger partial charge on any atom is 0.255 e. The number of benzene rings is 1. The van der Waals surface area contributed by atoms with Crippen LogP contribution in [0.1, 0.15) is 31.1 Å². The largest absolute Gasteiger partial charge is 0.352 e. The molecule has 26 heavy (non-hydrogen) atoms. The number of rotatable bonds is 7. The summed E-state index contributed by atoms with van der Waals surface area (Å²) in [5, 5.41) is 3.62. The average molecular weight is 436 g/mol. The summed E-state index contributed by atoms with van der Waals surface area (Å²) in [6.07, 6.45) is 1.72. The van der Waals surface area contributed by atoms with Gasteiger partial charge in [0.1, 0.15) is 5.03 Å². The number of carbonyl (C=O) groups is 2. The third kappa shape index (κ3) is 5.85. The van der Waals surface area contributed by atoms with Crippen LogP contribution in [0, 0.1) is 0 Å². The Morgan fingerprint density at radius 2 is 1.96 bits per heavy atom. The Balaban J connectivity index is 2.19. The zero-order chi connectivity index (χ0) is 19.1. The quantitative estimate of drug-likeness (QED) is 0.713. The fourth-order valence-electron chi connectivity index (χ4n) is 2.31. The minimum absolute atomic E-state index is 0.0441. The summed E-state index contributed by atoms with van der Waals surface area (Å²) >= 11 is 4.79. The minimum atomic E-state index is -0.161. The van der Waals surface area contributed by atoms with Crippen LogP contribution < -0.4 is 5.32 Å². The monoisotopic (exact) mass is 435 g/mol. The molecule has 0 saturated carbocycles. The summed E-state index contributed by atoms with van der Waals surface area (Å²) in [6, 6.07) is 11.2. The van der Waals surface area contributed by atoms with Gasteiger partial charge in [-0.25, -0.2) is 4.98 Å². The van der Waals surface area contributed by atoms with Crippen LogP contribution in [0.15, 0.2) is 57.0 Å². The number of amides is 2. The molecule has 0 radical (unpaired) electrons. The standard InChI is InChI=1S/C19H22BrN3O2S/c1-4-23(12-17(24)22-13(2)3)19(25)15-7-5-6-8-16(15)26-18-10-9-14(20)11-21-18/h5-11,13H,4,12H2,1-3H3,(H,22,24). The Labute approximate surface area is 166 Å². The van der Waals surface area contributed by atoms with Gasteiger partial charge in [0.15, 0.2) is 0 Å². The van der Waals surface area contributed by atoms with Gasteiger partial charge in [-0.15, -0.1) is 0 Å². The Hall–Kier alpha value is -1.86. The molecule has 0 unspecified atom stereocenters. The number of nitrogens with one attached hydrogen (secondary N) is 1. The molecule has 2 aromatic rings. The number of aromatic nitrogens is 1. The second-order valence-corrected chi connectivity index (χ2v) is 7.93. The maximum absolute atomic E-state index is 13.0. The van der Waals surface area contributed by atoms with E-state index in [1.54, 1.807) is 17.2 Å². The average Bonchev–Trinajstić information content (AvgIpc) is 2.61. The zero-order valence-electron chi connectivity index (χ0n) is 15.0. The van der Waals surface area contributed by atoms with Crippen LogP contribution in [-0.2, 0) is 4.79 Å². The first kappa shape index (κ1) is 20.5. The first-order chi connectivity index (χ1) is 12.4. The van der Waals surface area contributed by atoms with Crippen molar-refractivity contribution in [3.8, 4) is 0 Å². The van der Waals surface area contributed by atoms with Gasteiger partial charge < -0.3 is 10.2 Å². The zero-order valence-corrected chi connectivity index (χ0v) is 17.4. The van der Waals surface area contributed by atoms with Crippen LogP contribution in [0.2, 0.25) is 0 Å². The Morgan fingerprint density at radius 3 is 2.58 bits per heavy atom. The normalized spacial score (nSPS) is 10.7. The third-order valence-electron chi connectivity index (χ3n) is 3.49. The summed E-state index contributed by atoms with van der Waals surface area (Å²) in [5.41, 5.74) is 0.571. The number of nitrogens with zero attached hydrogens (tertiary/aromatic N) is 2. The minimum Gasteiger partial charge on any atom is -0.352 e. The summed E-state index contributed by atoms with van der Waals surface area (Å²) < 4.78 is 0.902. The van der Waals surface area contributed by atoms with Gasteiger partial charge in [-0.1, -0.05) is 23.9 Å². The lowest BCUT2D eigenvalue weighted by molar-refractivity contribution is -0.122. The molecule has 2 rings (SSSR count). The van der Waals surface area contributed by atoms with E-state index in [1.807, 2.05) is 51.1 Å². The van der Waals surface area contributed by atoms with E-state index in [4.69, 9.17) is 0 Å². The molecule has 5 nitrogen and oxygen atoms in total. The maximum atomic E-state index is 13.0. The van der Waals surface area contributed by atoms with Crippen molar-refractivity contribution < 1.29 is 9.59 Å². The molecule has 1 aromatic heterocycles. The van der Waals surface area contributed by atoms with Gasteiger partial charge in [0, 0.05) is 28.2 Å². The first-order valence-corrected chi connectivity index (χ1v) is 9.98. The van der Waals surface area contributed by atoms with Crippen LogP contribution in [0.3, 0.4) is 0 Å². The lowest BCUT2D eigenvalue weighted by atomic mass is 10.2. The van der Waals surface area contributed by atoms with Crippen LogP contribution in [0.5, 0.6) is 0 Å². The van der Waals surface area contributed by atoms with Gasteiger partial charge in [0.2, 0.25) is 5.91 Å². The molecule has 2 amide bonds. The highest BCUT2D eigenvalue weighted by Gasteiger charge is 2.20. The molecule has 0 aliphatic heterocycles. The van der Waals surface area contributed by atoms with Crippen LogP contribution in [0.4, 0.5) is 0 Å². The molecule has 138 valence electrons. The summed E-state index contributed by atoms with van der Waals surface area (Å²) in [5.74, 6) is -0.318. The van der Waals surface area contributed by atoms with Crippen LogP contribution >= 0.6 is 27.7 Å². The second-order valence-electron chi connectivity index (χ2n) is 5.95. The van der Waals surface area contributed by atoms with Crippen molar-refractivity contribution in [3.63, 3.8) is 0 Å². The summed E-state index contributed by atoms with van der Waals surface area (Å²) in [6.45, 7) is 6.16. The highest BCUT2D eigenvalue weighted by molar-refractivity contribution is 9.10. The molecule has 0 aliphatic rings. The van der Waals surface area contributed by atoms with Crippen molar-refractivity contribution >= 4 is 39.5 Å². The summed E-state index contributed by atoms with van der Waals surface area (Å²) in [7, 11) is 0. The van der Waals surface area contributed by atoms with Crippen molar-refractivity contribution in [3.05, 3.63) is 52.6 Å². The molecule has 7 heteroatoms. The Kier molecular flexibility index (Phi) is 7.66. The Morgan fingerprint density at radius 1 is 1.23 bits per heavy atom. The molecule has 1 N–H and O–H groups in total. The van der Waals surface area contributed by atoms with Crippen LogP contribution in [0.25, 0.3) is 0 Å². The van der Waals surface area contributed by atoms with Crippen molar-refractivity contribution in [2.75, 3.05) is 13.1 Å². The van der Waals surface area contributed by atoms with Gasteiger partial charge in [-0.2, -0.15) is 0 Å². The predicted octanol–water partition coefficient (Wildman–Crippen LogP) is 3.98. The van der Waals surface area contributed by atoms with Crippen LogP contribution in [-0.4, -0.2) is 40.8 Å². The highest BCUT2D eigenvalue weighted by atomic mass is 79.9. The first-order valence-electron chi connectivity index (χ1n) is 8.37. The number of hydrogen-bond acceptors (Lipinski definition) is 4. The molecule has 0 spiro atoms. The van der Waals surface area contributed by atoms with Gasteiger partial charge in [0.05, 0.1) is 12.1 Å². The molecular formula is C19H22BrN3O2S. The SMILES string of the molecule is CCN(CC(=O)NC(C)C)C(=O)c1ccccc1Sc1ccc(Br)cn1. The smallest absolute Gasteiger partial charge is 0.255 e. The molecule has 0 bridgehead atoms. The van der Waals surface area contributed by atoms with E-state index in [9.17, 15) is 9.59 Å². The summed E-state index contributed by atoms with van der Waals surface area (Å²) in [4.78, 5) is 31.7. The predicted molar refractivity (Wildman–Crippen MR) is 107 cm³/mol. The molecule has 0 saturated heterocycles. The fraction of sp³-hybridized carbons (Fsp3) is 0.316. The van der Waals surface area contributed by atoms with Crippen molar-refractivity contribution in [2.45, 2.75) is 36.7 Å². The second kappa shape index (κ2) is 9.73. The fourth-order valence-corrected chi connectivity index (χ4v) is 3.42. The van der Waals surface area contributed by atoms with E-state index < -0.39 is 0 Å². The topological polar surface area (TPSA) is 62.3 Å². The van der Waals surface area contributed by atoms with E-state index in [0.29, 0.717) is 12.1 Å². The van der Waals surface area contributed by atoms with Crippen molar-refractivity contribution in [1.29, 1.82) is 0 Å². The van der Waals surface area contributed by atoms with E-state index in [0.717, 1.165) is 14.4 Å². The van der Waals surface area contributed by atoms with E-state index in [2.05, 4.69) is 26.2 Å². The molecule has 0 aliphatic carbocycles. The molecule has 1 aromatic carbocycles. The van der Waals surface area contributed by atoms with E-state index in [1.165, 1.54) is 11.8 Å². The van der Waals surface area contributed by atoms with E-state index in [-0.39, 0.29) is 24.4 Å². The Bertz CT molecular complexity index is 766. The van der Waals surface area contributed by atoms with Gasteiger partial charge in [-0.05, 0) is 61.0 Å². The number of pyridine rings is 1. The number of likely N-dealkylation sites (N-methyl/N-ethyl adjacent to an activating group) is 1. The number of carbonyl (C=O) groups excluding carboxylic acids is 2. The van der Waals surface area contributed by atoms with E-state index >= 15 is 0 Å². The van der Waals surface area contributed by atoms with Crippen molar-refractivity contribution in [2.24, 2.45) is 0 Å². The highest BCUT2D eigenvalue weighted by Crippen LogP contribution is 2.30. The van der Waals surface area contributed by atoms with Crippen molar-refractivity contribution in [1.82, 2.24) is 15.2 Å². The third-order valence-corrected chi connectivity index (χ3v) is 4.98. The molecule has 1 heterocycles. The molecule has 0 fully saturated rings. The number of halogens is 1. The molecule has 0 atom stereocenters. The van der Waals surface area contributed by atoms with Gasteiger partial charge >= 0.3 is 0 Å².